The molecule has 0 aromatic carbocycles. The summed E-state index contributed by atoms with van der Waals surface area (Å²) >= 11 is 1.85. The minimum absolute atomic E-state index is 0.418. The molecule has 0 fully saturated rings. The van der Waals surface area contributed by atoms with E-state index >= 15 is 0 Å². The Morgan fingerprint density at radius 1 is 1.50 bits per heavy atom. The van der Waals surface area contributed by atoms with Gasteiger partial charge in [-0.2, -0.15) is 0 Å². The first-order chi connectivity index (χ1) is 7.74. The van der Waals surface area contributed by atoms with Gasteiger partial charge in [-0.15, -0.1) is 17.9 Å². The standard InChI is InChI=1S/C13H21NOS/c1-4-5-9-15-10-8-14-12(3)13-7-6-11(2)16-13/h4,6-7,12,14H,1,5,8-10H2,2-3H3. The van der Waals surface area contributed by atoms with Gasteiger partial charge in [0.15, 0.2) is 0 Å². The summed E-state index contributed by atoms with van der Waals surface area (Å²) in [6, 6.07) is 4.77. The van der Waals surface area contributed by atoms with E-state index in [0.717, 1.165) is 26.2 Å². The number of nitrogens with one attached hydrogen (secondary N) is 1. The summed E-state index contributed by atoms with van der Waals surface area (Å²) in [5.41, 5.74) is 0. The molecule has 3 heteroatoms. The van der Waals surface area contributed by atoms with E-state index in [1.165, 1.54) is 9.75 Å². The molecule has 0 saturated heterocycles. The third-order valence-corrected chi connectivity index (χ3v) is 3.53. The first-order valence-corrected chi connectivity index (χ1v) is 6.54. The molecule has 0 saturated carbocycles. The predicted octanol–water partition coefficient (Wildman–Crippen LogP) is 3.30. The Balaban J connectivity index is 2.11. The van der Waals surface area contributed by atoms with Gasteiger partial charge in [0.2, 0.25) is 0 Å². The van der Waals surface area contributed by atoms with Gasteiger partial charge in [0, 0.05) is 22.3 Å². The van der Waals surface area contributed by atoms with Crippen molar-refractivity contribution in [3.8, 4) is 0 Å². The van der Waals surface area contributed by atoms with Crippen LogP contribution in [0.15, 0.2) is 24.8 Å². The van der Waals surface area contributed by atoms with Crippen LogP contribution in [0.1, 0.15) is 29.1 Å². The molecule has 1 atom stereocenters. The van der Waals surface area contributed by atoms with E-state index in [4.69, 9.17) is 4.74 Å². The lowest BCUT2D eigenvalue weighted by Gasteiger charge is -2.11. The number of hydrogen-bond acceptors (Lipinski definition) is 3. The Bertz CT molecular complexity index is 309. The van der Waals surface area contributed by atoms with Crippen molar-refractivity contribution in [2.24, 2.45) is 0 Å². The Morgan fingerprint density at radius 2 is 2.31 bits per heavy atom. The fourth-order valence-corrected chi connectivity index (χ4v) is 2.31. The van der Waals surface area contributed by atoms with Gasteiger partial charge < -0.3 is 10.1 Å². The van der Waals surface area contributed by atoms with E-state index in [1.54, 1.807) is 0 Å². The van der Waals surface area contributed by atoms with Crippen LogP contribution >= 0.6 is 11.3 Å². The van der Waals surface area contributed by atoms with Crippen molar-refractivity contribution < 1.29 is 4.74 Å². The molecule has 16 heavy (non-hydrogen) atoms. The van der Waals surface area contributed by atoms with Gasteiger partial charge in [-0.3, -0.25) is 0 Å². The summed E-state index contributed by atoms with van der Waals surface area (Å²) in [6.45, 7) is 10.4. The van der Waals surface area contributed by atoms with E-state index < -0.39 is 0 Å². The maximum atomic E-state index is 5.44. The van der Waals surface area contributed by atoms with Crippen LogP contribution in [0, 0.1) is 6.92 Å². The monoisotopic (exact) mass is 239 g/mol. The topological polar surface area (TPSA) is 21.3 Å². The van der Waals surface area contributed by atoms with Gasteiger partial charge in [0.1, 0.15) is 0 Å². The van der Waals surface area contributed by atoms with E-state index in [2.05, 4.69) is 37.9 Å². The second-order valence-electron chi connectivity index (χ2n) is 3.81. The third kappa shape index (κ3) is 4.92. The molecule has 0 aliphatic carbocycles. The third-order valence-electron chi connectivity index (χ3n) is 2.35. The first kappa shape index (κ1) is 13.4. The Kier molecular flexibility index (Phi) is 6.38. The maximum absolute atomic E-state index is 5.44. The highest BCUT2D eigenvalue weighted by molar-refractivity contribution is 7.12. The van der Waals surface area contributed by atoms with Crippen molar-refractivity contribution in [3.05, 3.63) is 34.5 Å². The van der Waals surface area contributed by atoms with E-state index in [9.17, 15) is 0 Å². The van der Waals surface area contributed by atoms with Gasteiger partial charge in [0.25, 0.3) is 0 Å². The van der Waals surface area contributed by atoms with Crippen molar-refractivity contribution in [1.82, 2.24) is 5.32 Å². The van der Waals surface area contributed by atoms with Crippen LogP contribution in [0.4, 0.5) is 0 Å². The predicted molar refractivity (Wildman–Crippen MR) is 71.1 cm³/mol. The number of aryl methyl sites for hydroxylation is 1. The van der Waals surface area contributed by atoms with E-state index in [0.29, 0.717) is 6.04 Å². The fraction of sp³-hybridized carbons (Fsp3) is 0.538. The fourth-order valence-electron chi connectivity index (χ4n) is 1.40. The second kappa shape index (κ2) is 7.60. The number of rotatable bonds is 8. The molecule has 1 aromatic rings. The van der Waals surface area contributed by atoms with Gasteiger partial charge in [-0.1, -0.05) is 6.08 Å². The van der Waals surface area contributed by atoms with Crippen LogP contribution in [0.5, 0.6) is 0 Å². The summed E-state index contributed by atoms with van der Waals surface area (Å²) in [7, 11) is 0. The van der Waals surface area contributed by atoms with Gasteiger partial charge >= 0.3 is 0 Å². The summed E-state index contributed by atoms with van der Waals surface area (Å²) in [5.74, 6) is 0. The van der Waals surface area contributed by atoms with Gasteiger partial charge in [-0.25, -0.2) is 0 Å². The highest BCUT2D eigenvalue weighted by Crippen LogP contribution is 2.21. The van der Waals surface area contributed by atoms with Crippen molar-refractivity contribution in [2.45, 2.75) is 26.3 Å². The molecular formula is C13H21NOS. The van der Waals surface area contributed by atoms with Crippen molar-refractivity contribution in [3.63, 3.8) is 0 Å². The summed E-state index contributed by atoms with van der Waals surface area (Å²) in [4.78, 5) is 2.76. The average Bonchev–Trinajstić information content (AvgIpc) is 2.70. The Morgan fingerprint density at radius 3 is 2.94 bits per heavy atom. The molecule has 1 aromatic heterocycles. The molecule has 1 unspecified atom stereocenters. The molecule has 0 spiro atoms. The molecule has 1 N–H and O–H groups in total. The summed E-state index contributed by atoms with van der Waals surface area (Å²) < 4.78 is 5.44. The number of hydrogen-bond donors (Lipinski definition) is 1. The molecule has 90 valence electrons. The normalized spacial score (nSPS) is 12.6. The van der Waals surface area contributed by atoms with Crippen LogP contribution in [0.25, 0.3) is 0 Å². The van der Waals surface area contributed by atoms with Crippen LogP contribution in [0.2, 0.25) is 0 Å². The van der Waals surface area contributed by atoms with Crippen molar-refractivity contribution in [1.29, 1.82) is 0 Å². The minimum atomic E-state index is 0.418. The summed E-state index contributed by atoms with van der Waals surface area (Å²) in [6.07, 6.45) is 2.81. The first-order valence-electron chi connectivity index (χ1n) is 5.72. The smallest absolute Gasteiger partial charge is 0.0591 e. The lowest BCUT2D eigenvalue weighted by atomic mass is 10.3. The van der Waals surface area contributed by atoms with Crippen LogP contribution < -0.4 is 5.32 Å². The molecule has 1 rings (SSSR count). The average molecular weight is 239 g/mol. The number of thiophene rings is 1. The zero-order valence-corrected chi connectivity index (χ0v) is 11.0. The van der Waals surface area contributed by atoms with Crippen molar-refractivity contribution in [2.75, 3.05) is 19.8 Å². The Labute approximate surface area is 102 Å². The highest BCUT2D eigenvalue weighted by Gasteiger charge is 2.05. The van der Waals surface area contributed by atoms with Crippen LogP contribution in [-0.4, -0.2) is 19.8 Å². The van der Waals surface area contributed by atoms with Crippen LogP contribution in [-0.2, 0) is 4.74 Å². The molecular weight excluding hydrogens is 218 g/mol. The van der Waals surface area contributed by atoms with Gasteiger partial charge in [0.05, 0.1) is 13.2 Å². The summed E-state index contributed by atoms with van der Waals surface area (Å²) in [5, 5.41) is 3.45. The maximum Gasteiger partial charge on any atom is 0.0591 e. The molecule has 0 aliphatic rings. The largest absolute Gasteiger partial charge is 0.380 e. The molecule has 0 amide bonds. The number of ether oxygens (including phenoxy) is 1. The second-order valence-corrected chi connectivity index (χ2v) is 5.13. The zero-order chi connectivity index (χ0) is 11.8. The molecule has 0 bridgehead atoms. The zero-order valence-electron chi connectivity index (χ0n) is 10.2. The molecule has 0 aliphatic heterocycles. The molecule has 2 nitrogen and oxygen atoms in total. The SMILES string of the molecule is C=CCCOCCNC(C)c1ccc(C)s1. The van der Waals surface area contributed by atoms with Crippen LogP contribution in [0.3, 0.4) is 0 Å². The van der Waals surface area contributed by atoms with E-state index in [-0.39, 0.29) is 0 Å². The molecule has 1 heterocycles. The quantitative estimate of drug-likeness (QED) is 0.555. The minimum Gasteiger partial charge on any atom is -0.380 e. The van der Waals surface area contributed by atoms with Crippen molar-refractivity contribution >= 4 is 11.3 Å². The van der Waals surface area contributed by atoms with Gasteiger partial charge in [-0.05, 0) is 32.4 Å². The molecule has 0 radical (unpaired) electrons. The Hall–Kier alpha value is -0.640. The lowest BCUT2D eigenvalue weighted by Crippen LogP contribution is -2.22. The lowest BCUT2D eigenvalue weighted by molar-refractivity contribution is 0.139. The van der Waals surface area contributed by atoms with E-state index in [1.807, 2.05) is 17.4 Å². The highest BCUT2D eigenvalue weighted by atomic mass is 32.1.